The second-order valence-corrected chi connectivity index (χ2v) is 10.7. The lowest BCUT2D eigenvalue weighted by molar-refractivity contribution is -0.130. The molecule has 0 saturated carbocycles. The fourth-order valence-corrected chi connectivity index (χ4v) is 5.91. The molecule has 4 rings (SSSR count). The van der Waals surface area contributed by atoms with Crippen molar-refractivity contribution >= 4 is 44.3 Å². The standard InChI is InChI=1S/C22H32N6O3S/c1-3-24-12-19-26-20-21(17-8-4-5-9-18(17)25-22(20)23)28(19)11-7-6-10-27(15(2)29)16-13-32(30,31)14-16/h4-5,8-9,16,24,30-31H,3,6-7,10-14H2,1-2H3,(H2,23,25). The van der Waals surface area contributed by atoms with Crippen LogP contribution in [0, 0.1) is 0 Å². The third-order valence-corrected chi connectivity index (χ3v) is 7.85. The molecule has 3 heterocycles. The molecule has 0 atom stereocenters. The number of para-hydroxylation sites is 1. The summed E-state index contributed by atoms with van der Waals surface area (Å²) in [5.74, 6) is 1.92. The van der Waals surface area contributed by atoms with Gasteiger partial charge in [-0.2, -0.15) is 10.6 Å². The summed E-state index contributed by atoms with van der Waals surface area (Å²) in [6.07, 6.45) is 1.67. The van der Waals surface area contributed by atoms with Crippen LogP contribution in [0.25, 0.3) is 21.9 Å². The molecule has 1 fully saturated rings. The number of nitrogens with one attached hydrogen (secondary N) is 1. The molecule has 0 spiro atoms. The number of unbranched alkanes of at least 4 members (excludes halogenated alkanes) is 1. The van der Waals surface area contributed by atoms with Gasteiger partial charge in [0.15, 0.2) is 5.82 Å². The van der Waals surface area contributed by atoms with E-state index in [4.69, 9.17) is 10.7 Å². The predicted octanol–water partition coefficient (Wildman–Crippen LogP) is 3.04. The van der Waals surface area contributed by atoms with Gasteiger partial charge < -0.3 is 20.5 Å². The van der Waals surface area contributed by atoms with E-state index in [0.717, 1.165) is 53.7 Å². The van der Waals surface area contributed by atoms with E-state index in [2.05, 4.69) is 21.8 Å². The summed E-state index contributed by atoms with van der Waals surface area (Å²) >= 11 is 0. The molecule has 0 radical (unpaired) electrons. The zero-order chi connectivity index (χ0) is 22.9. The Balaban J connectivity index is 1.54. The summed E-state index contributed by atoms with van der Waals surface area (Å²) in [5, 5.41) is 4.38. The van der Waals surface area contributed by atoms with Crippen LogP contribution in [0.1, 0.15) is 32.5 Å². The first-order chi connectivity index (χ1) is 15.3. The fraction of sp³-hybridized carbons (Fsp3) is 0.500. The minimum absolute atomic E-state index is 0.0179. The van der Waals surface area contributed by atoms with E-state index in [-0.39, 0.29) is 11.9 Å². The Kier molecular flexibility index (Phi) is 6.57. The summed E-state index contributed by atoms with van der Waals surface area (Å²) in [7, 11) is -2.47. The molecular formula is C22H32N6O3S. The normalized spacial score (nSPS) is 16.9. The first kappa shape index (κ1) is 22.8. The van der Waals surface area contributed by atoms with Crippen LogP contribution >= 0.6 is 10.6 Å². The van der Waals surface area contributed by atoms with Gasteiger partial charge in [0, 0.05) is 25.4 Å². The Labute approximate surface area is 189 Å². The van der Waals surface area contributed by atoms with Gasteiger partial charge in [-0.3, -0.25) is 13.9 Å². The minimum Gasteiger partial charge on any atom is -0.382 e. The number of rotatable bonds is 9. The van der Waals surface area contributed by atoms with Gasteiger partial charge in [-0.25, -0.2) is 9.97 Å². The van der Waals surface area contributed by atoms with E-state index in [1.54, 1.807) is 11.8 Å². The number of nitrogens with two attached hydrogens (primary N) is 1. The van der Waals surface area contributed by atoms with Crippen LogP contribution in [-0.4, -0.2) is 65.1 Å². The SMILES string of the molecule is CCNCc1nc2c(N)nc3ccccc3c2n1CCCCN(C(C)=O)C1CS(O)(O)C1. The van der Waals surface area contributed by atoms with E-state index < -0.39 is 10.6 Å². The molecule has 5 N–H and O–H groups in total. The molecule has 1 saturated heterocycles. The number of amides is 1. The second-order valence-electron chi connectivity index (χ2n) is 8.38. The number of nitrogens with zero attached hydrogens (tertiary/aromatic N) is 4. The van der Waals surface area contributed by atoms with Crippen molar-refractivity contribution in [3.8, 4) is 0 Å². The molecule has 0 unspecified atom stereocenters. The summed E-state index contributed by atoms with van der Waals surface area (Å²) in [5.41, 5.74) is 8.82. The number of fused-ring (bicyclic) bond motifs is 3. The number of carbonyl (C=O) groups excluding carboxylic acids is 1. The Morgan fingerprint density at radius 3 is 2.72 bits per heavy atom. The number of aromatic nitrogens is 3. The van der Waals surface area contributed by atoms with Crippen molar-refractivity contribution in [3.05, 3.63) is 30.1 Å². The highest BCUT2D eigenvalue weighted by atomic mass is 32.3. The van der Waals surface area contributed by atoms with E-state index >= 15 is 0 Å². The third kappa shape index (κ3) is 4.54. The smallest absolute Gasteiger partial charge is 0.219 e. The number of pyridine rings is 1. The van der Waals surface area contributed by atoms with Gasteiger partial charge in [-0.05, 0) is 25.5 Å². The molecule has 1 aromatic carbocycles. The van der Waals surface area contributed by atoms with Crippen LogP contribution < -0.4 is 11.1 Å². The summed E-state index contributed by atoms with van der Waals surface area (Å²) in [6.45, 7) is 6.43. The van der Waals surface area contributed by atoms with E-state index in [0.29, 0.717) is 30.4 Å². The van der Waals surface area contributed by atoms with Gasteiger partial charge in [0.05, 0.1) is 35.1 Å². The molecule has 9 nitrogen and oxygen atoms in total. The van der Waals surface area contributed by atoms with Gasteiger partial charge in [0.25, 0.3) is 0 Å². The lowest BCUT2D eigenvalue weighted by Gasteiger charge is -2.51. The van der Waals surface area contributed by atoms with Crippen LogP contribution in [0.5, 0.6) is 0 Å². The monoisotopic (exact) mass is 460 g/mol. The van der Waals surface area contributed by atoms with Gasteiger partial charge in [0.2, 0.25) is 5.91 Å². The quantitative estimate of drug-likeness (QED) is 0.361. The number of aryl methyl sites for hydroxylation is 1. The van der Waals surface area contributed by atoms with Crippen molar-refractivity contribution in [2.45, 2.75) is 45.8 Å². The number of nitrogen functional groups attached to an aromatic ring is 1. The maximum atomic E-state index is 12.1. The van der Waals surface area contributed by atoms with Crippen molar-refractivity contribution in [1.29, 1.82) is 0 Å². The van der Waals surface area contributed by atoms with Crippen molar-refractivity contribution in [3.63, 3.8) is 0 Å². The maximum absolute atomic E-state index is 12.1. The molecule has 32 heavy (non-hydrogen) atoms. The molecule has 2 aromatic heterocycles. The number of hydrogen-bond acceptors (Lipinski definition) is 7. The summed E-state index contributed by atoms with van der Waals surface area (Å²) in [6, 6.07) is 7.89. The molecule has 1 amide bonds. The predicted molar refractivity (Wildman–Crippen MR) is 130 cm³/mol. The molecule has 3 aromatic rings. The van der Waals surface area contributed by atoms with Gasteiger partial charge in [-0.1, -0.05) is 25.1 Å². The van der Waals surface area contributed by atoms with E-state index in [1.165, 1.54) is 0 Å². The van der Waals surface area contributed by atoms with Crippen LogP contribution in [0.15, 0.2) is 24.3 Å². The molecule has 0 aliphatic carbocycles. The number of carbonyl (C=O) groups is 1. The van der Waals surface area contributed by atoms with Crippen LogP contribution in [-0.2, 0) is 17.9 Å². The van der Waals surface area contributed by atoms with Crippen LogP contribution in [0.2, 0.25) is 0 Å². The average Bonchev–Trinajstić information content (AvgIpc) is 3.09. The van der Waals surface area contributed by atoms with E-state index in [1.807, 2.05) is 24.3 Å². The van der Waals surface area contributed by atoms with E-state index in [9.17, 15) is 13.9 Å². The Bertz CT molecular complexity index is 1120. The van der Waals surface area contributed by atoms with Crippen molar-refractivity contribution in [1.82, 2.24) is 24.8 Å². The number of anilines is 1. The van der Waals surface area contributed by atoms with Gasteiger partial charge in [0.1, 0.15) is 11.3 Å². The van der Waals surface area contributed by atoms with Crippen molar-refractivity contribution in [2.75, 3.05) is 30.3 Å². The highest BCUT2D eigenvalue weighted by Gasteiger charge is 2.38. The Hall–Kier alpha value is -2.40. The molecule has 10 heteroatoms. The Morgan fingerprint density at radius 2 is 2.03 bits per heavy atom. The minimum atomic E-state index is -2.47. The van der Waals surface area contributed by atoms with Gasteiger partial charge in [-0.15, -0.1) is 0 Å². The topological polar surface area (TPSA) is 130 Å². The summed E-state index contributed by atoms with van der Waals surface area (Å²) < 4.78 is 21.6. The number of imidazole rings is 1. The highest BCUT2D eigenvalue weighted by Crippen LogP contribution is 2.50. The lowest BCUT2D eigenvalue weighted by Crippen LogP contribution is -2.52. The zero-order valence-corrected chi connectivity index (χ0v) is 19.4. The third-order valence-electron chi connectivity index (χ3n) is 6.02. The highest BCUT2D eigenvalue weighted by molar-refractivity contribution is 8.25. The average molecular weight is 461 g/mol. The van der Waals surface area contributed by atoms with Gasteiger partial charge >= 0.3 is 0 Å². The first-order valence-corrected chi connectivity index (χ1v) is 12.9. The lowest BCUT2D eigenvalue weighted by atomic mass is 10.2. The number of hydrogen-bond donors (Lipinski definition) is 4. The molecule has 1 aliphatic heterocycles. The van der Waals surface area contributed by atoms with Crippen molar-refractivity contribution < 1.29 is 13.9 Å². The first-order valence-electron chi connectivity index (χ1n) is 11.1. The van der Waals surface area contributed by atoms with Crippen LogP contribution in [0.4, 0.5) is 5.82 Å². The zero-order valence-electron chi connectivity index (χ0n) is 18.6. The Morgan fingerprint density at radius 1 is 1.28 bits per heavy atom. The second kappa shape index (κ2) is 9.22. The summed E-state index contributed by atoms with van der Waals surface area (Å²) in [4.78, 5) is 23.2. The molecular weight excluding hydrogens is 428 g/mol. The fourth-order valence-electron chi connectivity index (χ4n) is 4.41. The largest absolute Gasteiger partial charge is 0.382 e. The molecule has 0 bridgehead atoms. The molecule has 174 valence electrons. The van der Waals surface area contributed by atoms with Crippen LogP contribution in [0.3, 0.4) is 0 Å². The maximum Gasteiger partial charge on any atom is 0.219 e. The van der Waals surface area contributed by atoms with Crippen molar-refractivity contribution in [2.24, 2.45) is 0 Å². The number of benzene rings is 1. The molecule has 1 aliphatic rings.